The van der Waals surface area contributed by atoms with E-state index >= 15 is 0 Å². The zero-order valence-electron chi connectivity index (χ0n) is 9.82. The van der Waals surface area contributed by atoms with Crippen LogP contribution in [0.5, 0.6) is 0 Å². The Balaban J connectivity index is 2.41. The maximum Gasteiger partial charge on any atom is 0.221 e. The van der Waals surface area contributed by atoms with E-state index < -0.39 is 9.84 Å². The summed E-state index contributed by atoms with van der Waals surface area (Å²) in [4.78, 5) is 11.9. The van der Waals surface area contributed by atoms with Gasteiger partial charge in [0.2, 0.25) is 5.91 Å². The number of thiophene rings is 1. The maximum atomic E-state index is 10.9. The molecule has 0 bridgehead atoms. The van der Waals surface area contributed by atoms with Crippen molar-refractivity contribution in [2.75, 3.05) is 23.9 Å². The van der Waals surface area contributed by atoms with Crippen LogP contribution in [-0.4, -0.2) is 32.9 Å². The smallest absolute Gasteiger partial charge is 0.221 e. The highest BCUT2D eigenvalue weighted by molar-refractivity contribution is 7.90. The van der Waals surface area contributed by atoms with Gasteiger partial charge in [0, 0.05) is 31.1 Å². The van der Waals surface area contributed by atoms with Crippen molar-refractivity contribution in [2.45, 2.75) is 13.5 Å². The van der Waals surface area contributed by atoms with Crippen molar-refractivity contribution in [2.24, 2.45) is 0 Å². The molecule has 2 N–H and O–H groups in total. The van der Waals surface area contributed by atoms with Crippen LogP contribution >= 0.6 is 11.3 Å². The second kappa shape index (κ2) is 6.13. The van der Waals surface area contributed by atoms with Crippen molar-refractivity contribution < 1.29 is 13.2 Å². The first kappa shape index (κ1) is 14.1. The van der Waals surface area contributed by atoms with Crippen LogP contribution in [0.4, 0.5) is 5.69 Å². The van der Waals surface area contributed by atoms with Crippen LogP contribution < -0.4 is 10.6 Å². The van der Waals surface area contributed by atoms with Crippen LogP contribution in [0.1, 0.15) is 11.8 Å². The number of rotatable bonds is 6. The molecule has 0 atom stereocenters. The topological polar surface area (TPSA) is 75.3 Å². The summed E-state index contributed by atoms with van der Waals surface area (Å²) in [5.41, 5.74) is 0.786. The van der Waals surface area contributed by atoms with Gasteiger partial charge in [0.05, 0.1) is 11.4 Å². The Hall–Kier alpha value is -0.920. The van der Waals surface area contributed by atoms with Crippen molar-refractivity contribution in [3.8, 4) is 0 Å². The molecule has 0 unspecified atom stereocenters. The Labute approximate surface area is 105 Å². The molecule has 0 saturated carbocycles. The van der Waals surface area contributed by atoms with Gasteiger partial charge in [-0.25, -0.2) is 8.42 Å². The molecular formula is C10H16N2O3S2. The molecule has 1 heterocycles. The number of amides is 1. The highest BCUT2D eigenvalue weighted by Crippen LogP contribution is 2.21. The number of nitrogens with one attached hydrogen (secondary N) is 2. The lowest BCUT2D eigenvalue weighted by Gasteiger charge is -2.05. The van der Waals surface area contributed by atoms with Crippen molar-refractivity contribution in [3.63, 3.8) is 0 Å². The summed E-state index contributed by atoms with van der Waals surface area (Å²) in [5, 5.41) is 7.65. The number of anilines is 1. The molecule has 0 radical (unpaired) electrons. The van der Waals surface area contributed by atoms with Crippen LogP contribution in [-0.2, 0) is 21.2 Å². The lowest BCUT2D eigenvalue weighted by atomic mass is 10.3. The molecule has 5 nitrogen and oxygen atoms in total. The van der Waals surface area contributed by atoms with Crippen molar-refractivity contribution >= 4 is 32.8 Å². The average molecular weight is 276 g/mol. The minimum atomic E-state index is -2.92. The van der Waals surface area contributed by atoms with Gasteiger partial charge in [-0.2, -0.15) is 0 Å². The zero-order valence-corrected chi connectivity index (χ0v) is 11.5. The van der Waals surface area contributed by atoms with Crippen molar-refractivity contribution in [3.05, 3.63) is 16.3 Å². The third kappa shape index (κ3) is 5.81. The van der Waals surface area contributed by atoms with E-state index in [0.717, 1.165) is 10.6 Å². The predicted molar refractivity (Wildman–Crippen MR) is 70.0 cm³/mol. The molecule has 96 valence electrons. The van der Waals surface area contributed by atoms with Gasteiger partial charge < -0.3 is 10.6 Å². The van der Waals surface area contributed by atoms with Crippen LogP contribution in [0.25, 0.3) is 0 Å². The molecule has 1 aromatic heterocycles. The fraction of sp³-hybridized carbons (Fsp3) is 0.500. The number of sulfone groups is 1. The van der Waals surface area contributed by atoms with Crippen molar-refractivity contribution in [1.82, 2.24) is 5.32 Å². The first-order valence-corrected chi connectivity index (χ1v) is 8.05. The second-order valence-electron chi connectivity index (χ2n) is 3.75. The Kier molecular flexibility index (Phi) is 5.10. The van der Waals surface area contributed by atoms with Gasteiger partial charge >= 0.3 is 0 Å². The summed E-state index contributed by atoms with van der Waals surface area (Å²) < 4.78 is 21.8. The number of hydrogen-bond donors (Lipinski definition) is 2. The second-order valence-corrected chi connectivity index (χ2v) is 7.01. The average Bonchev–Trinajstić information content (AvgIpc) is 2.58. The molecule has 0 aliphatic heterocycles. The Morgan fingerprint density at radius 3 is 2.76 bits per heavy atom. The van der Waals surface area contributed by atoms with E-state index in [-0.39, 0.29) is 11.7 Å². The molecule has 1 amide bonds. The fourth-order valence-corrected chi connectivity index (χ4v) is 2.55. The van der Waals surface area contributed by atoms with Crippen molar-refractivity contribution in [1.29, 1.82) is 0 Å². The van der Waals surface area contributed by atoms with Gasteiger partial charge in [-0.05, 0) is 11.4 Å². The molecule has 0 fully saturated rings. The summed E-state index contributed by atoms with van der Waals surface area (Å²) in [6.45, 7) is 2.43. The van der Waals surface area contributed by atoms with Gasteiger partial charge in [-0.15, -0.1) is 11.3 Å². The molecular weight excluding hydrogens is 260 g/mol. The highest BCUT2D eigenvalue weighted by Gasteiger charge is 2.06. The molecule has 17 heavy (non-hydrogen) atoms. The summed E-state index contributed by atoms with van der Waals surface area (Å²) in [7, 11) is -2.92. The fourth-order valence-electron chi connectivity index (χ4n) is 1.24. The summed E-state index contributed by atoms with van der Waals surface area (Å²) in [6, 6.07) is 1.83. The van der Waals surface area contributed by atoms with E-state index in [4.69, 9.17) is 0 Å². The van der Waals surface area contributed by atoms with Crippen LogP contribution in [0.15, 0.2) is 11.4 Å². The minimum Gasteiger partial charge on any atom is -0.325 e. The molecule has 7 heteroatoms. The summed E-state index contributed by atoms with van der Waals surface area (Å²) in [6.07, 6.45) is 1.21. The van der Waals surface area contributed by atoms with Gasteiger partial charge in [0.15, 0.2) is 0 Å². The SMILES string of the molecule is CC(=O)Nc1ccsc1CNCCS(C)(=O)=O. The monoisotopic (exact) mass is 276 g/mol. The zero-order chi connectivity index (χ0) is 12.9. The van der Waals surface area contributed by atoms with E-state index in [1.807, 2.05) is 11.4 Å². The molecule has 0 aliphatic carbocycles. The first-order valence-electron chi connectivity index (χ1n) is 5.11. The summed E-state index contributed by atoms with van der Waals surface area (Å²) in [5.74, 6) is 0.00851. The Morgan fingerprint density at radius 2 is 2.18 bits per heavy atom. The normalized spacial score (nSPS) is 11.4. The van der Waals surface area contributed by atoms with Gasteiger partial charge in [0.1, 0.15) is 9.84 Å². The first-order chi connectivity index (χ1) is 7.88. The molecule has 0 aromatic carbocycles. The lowest BCUT2D eigenvalue weighted by molar-refractivity contribution is -0.114. The molecule has 0 spiro atoms. The quantitative estimate of drug-likeness (QED) is 0.755. The number of carbonyl (C=O) groups is 1. The largest absolute Gasteiger partial charge is 0.325 e. The van der Waals surface area contributed by atoms with E-state index in [2.05, 4.69) is 10.6 Å². The molecule has 0 saturated heterocycles. The molecule has 1 aromatic rings. The molecule has 0 aliphatic rings. The standard InChI is InChI=1S/C10H16N2O3S2/c1-8(13)12-9-3-5-16-10(9)7-11-4-6-17(2,14)15/h3,5,11H,4,6-7H2,1-2H3,(H,12,13). The number of carbonyl (C=O) groups excluding carboxylic acids is 1. The third-order valence-corrected chi connectivity index (χ3v) is 3.86. The minimum absolute atomic E-state index is 0.110. The van der Waals surface area contributed by atoms with E-state index in [1.54, 1.807) is 0 Å². The maximum absolute atomic E-state index is 10.9. The van der Waals surface area contributed by atoms with Gasteiger partial charge in [0.25, 0.3) is 0 Å². The van der Waals surface area contributed by atoms with Crippen LogP contribution in [0.3, 0.4) is 0 Å². The number of hydrogen-bond acceptors (Lipinski definition) is 5. The molecule has 1 rings (SSSR count). The van der Waals surface area contributed by atoms with Gasteiger partial charge in [-0.3, -0.25) is 4.79 Å². The Morgan fingerprint density at radius 1 is 1.47 bits per heavy atom. The van der Waals surface area contributed by atoms with E-state index in [9.17, 15) is 13.2 Å². The summed E-state index contributed by atoms with van der Waals surface area (Å²) >= 11 is 1.52. The van der Waals surface area contributed by atoms with Crippen LogP contribution in [0.2, 0.25) is 0 Å². The van der Waals surface area contributed by atoms with E-state index in [0.29, 0.717) is 13.1 Å². The highest BCUT2D eigenvalue weighted by atomic mass is 32.2. The third-order valence-electron chi connectivity index (χ3n) is 1.99. The lowest BCUT2D eigenvalue weighted by Crippen LogP contribution is -2.22. The van der Waals surface area contributed by atoms with Crippen LogP contribution in [0, 0.1) is 0 Å². The van der Waals surface area contributed by atoms with Gasteiger partial charge in [-0.1, -0.05) is 0 Å². The predicted octanol–water partition coefficient (Wildman–Crippen LogP) is 0.841. The Bertz CT molecular complexity index is 479. The van der Waals surface area contributed by atoms with E-state index in [1.165, 1.54) is 24.5 Å².